The van der Waals surface area contributed by atoms with Crippen LogP contribution in [0.15, 0.2) is 58.4 Å². The molecule has 0 saturated carbocycles. The average Bonchev–Trinajstić information content (AvgIpc) is 2.46. The summed E-state index contributed by atoms with van der Waals surface area (Å²) >= 11 is 3.91. The fraction of sp³-hybridized carbons (Fsp3) is 0.0714. The predicted octanol–water partition coefficient (Wildman–Crippen LogP) is 3.87. The zero-order valence-electron chi connectivity index (χ0n) is 10.1. The van der Waals surface area contributed by atoms with Gasteiger partial charge in [0.25, 0.3) is 0 Å². The molecule has 3 rings (SSSR count). The molecule has 0 atom stereocenters. The van der Waals surface area contributed by atoms with E-state index in [0.29, 0.717) is 6.54 Å². The van der Waals surface area contributed by atoms with Gasteiger partial charge >= 0.3 is 0 Å². The Kier molecular flexibility index (Phi) is 3.93. The van der Waals surface area contributed by atoms with Crippen molar-refractivity contribution in [3.63, 3.8) is 0 Å². The monoisotopic (exact) mass is 381 g/mol. The van der Waals surface area contributed by atoms with Gasteiger partial charge in [0.05, 0.1) is 17.1 Å². The van der Waals surface area contributed by atoms with Crippen molar-refractivity contribution in [3.8, 4) is 0 Å². The highest BCUT2D eigenvalue weighted by Gasteiger charge is 2.13. The molecule has 1 aliphatic rings. The van der Waals surface area contributed by atoms with Gasteiger partial charge in [0.2, 0.25) is 5.96 Å². The number of guanidine groups is 1. The lowest BCUT2D eigenvalue weighted by molar-refractivity contribution is 1.05. The van der Waals surface area contributed by atoms with Gasteiger partial charge in [-0.05, 0) is 58.3 Å². The highest BCUT2D eigenvalue weighted by Crippen LogP contribution is 2.30. The molecule has 0 aliphatic carbocycles. The molecule has 5 heteroatoms. The number of nitrogens with one attached hydrogen (secondary N) is 2. The van der Waals surface area contributed by atoms with E-state index in [4.69, 9.17) is 0 Å². The molecule has 2 aromatic rings. The average molecular weight is 381 g/mol. The van der Waals surface area contributed by atoms with Gasteiger partial charge in [-0.2, -0.15) is 0 Å². The minimum absolute atomic E-state index is 0.677. The SMILES string of the molecule is Ic1ccc2c(c1)SNC(=NCc1ccccc1)N2. The number of hydrogen-bond acceptors (Lipinski definition) is 2. The predicted molar refractivity (Wildman–Crippen MR) is 89.4 cm³/mol. The number of hydrogen-bond donors (Lipinski definition) is 2. The number of fused-ring (bicyclic) bond motifs is 1. The number of anilines is 1. The molecule has 0 aromatic heterocycles. The Morgan fingerprint density at radius 3 is 2.79 bits per heavy atom. The Labute approximate surface area is 130 Å². The summed E-state index contributed by atoms with van der Waals surface area (Å²) in [6, 6.07) is 16.6. The molecule has 96 valence electrons. The molecule has 2 aromatic carbocycles. The molecule has 3 nitrogen and oxygen atoms in total. The maximum atomic E-state index is 4.55. The molecule has 0 saturated heterocycles. The molecule has 0 bridgehead atoms. The summed E-state index contributed by atoms with van der Waals surface area (Å²) in [6.07, 6.45) is 0. The molecule has 0 spiro atoms. The van der Waals surface area contributed by atoms with Gasteiger partial charge < -0.3 is 5.32 Å². The van der Waals surface area contributed by atoms with Crippen LogP contribution in [0.25, 0.3) is 0 Å². The number of rotatable bonds is 2. The molecule has 0 unspecified atom stereocenters. The Morgan fingerprint density at radius 2 is 1.95 bits per heavy atom. The summed E-state index contributed by atoms with van der Waals surface area (Å²) in [5.41, 5.74) is 2.31. The highest BCUT2D eigenvalue weighted by molar-refractivity contribution is 14.1. The van der Waals surface area contributed by atoms with Gasteiger partial charge in [-0.15, -0.1) is 0 Å². The van der Waals surface area contributed by atoms with Crippen LogP contribution in [0.1, 0.15) is 5.56 Å². The normalized spacial score (nSPS) is 15.5. The number of nitrogens with zero attached hydrogens (tertiary/aromatic N) is 1. The minimum Gasteiger partial charge on any atom is -0.325 e. The molecule has 0 radical (unpaired) electrons. The van der Waals surface area contributed by atoms with E-state index < -0.39 is 0 Å². The summed E-state index contributed by atoms with van der Waals surface area (Å²) in [5, 5.41) is 3.31. The van der Waals surface area contributed by atoms with Crippen molar-refractivity contribution in [1.82, 2.24) is 4.72 Å². The van der Waals surface area contributed by atoms with Crippen LogP contribution in [0.5, 0.6) is 0 Å². The molecular formula is C14H12IN3S. The second kappa shape index (κ2) is 5.83. The molecule has 2 N–H and O–H groups in total. The van der Waals surface area contributed by atoms with Gasteiger partial charge in [-0.1, -0.05) is 30.3 Å². The van der Waals surface area contributed by atoms with Crippen LogP contribution in [-0.2, 0) is 6.54 Å². The van der Waals surface area contributed by atoms with Crippen molar-refractivity contribution in [2.75, 3.05) is 5.32 Å². The number of aliphatic imine (C=N–C) groups is 1. The van der Waals surface area contributed by atoms with E-state index in [2.05, 4.69) is 68.0 Å². The smallest absolute Gasteiger partial charge is 0.206 e. The molecule has 1 aliphatic heterocycles. The van der Waals surface area contributed by atoms with Crippen molar-refractivity contribution in [1.29, 1.82) is 0 Å². The zero-order valence-corrected chi connectivity index (χ0v) is 13.0. The molecule has 1 heterocycles. The van der Waals surface area contributed by atoms with E-state index in [-0.39, 0.29) is 0 Å². The van der Waals surface area contributed by atoms with Crippen LogP contribution in [0.3, 0.4) is 0 Å². The van der Waals surface area contributed by atoms with Crippen molar-refractivity contribution >= 4 is 46.2 Å². The van der Waals surface area contributed by atoms with Gasteiger partial charge in [0.1, 0.15) is 0 Å². The van der Waals surface area contributed by atoms with E-state index >= 15 is 0 Å². The standard InChI is InChI=1S/C14H12IN3S/c15-11-6-7-12-13(8-11)19-18-14(17-12)16-9-10-4-2-1-3-5-10/h1-8H,9H2,(H2,16,17,18). The first-order valence-electron chi connectivity index (χ1n) is 5.89. The van der Waals surface area contributed by atoms with Crippen molar-refractivity contribution < 1.29 is 0 Å². The maximum absolute atomic E-state index is 4.55. The quantitative estimate of drug-likeness (QED) is 0.613. The lowest BCUT2D eigenvalue weighted by Crippen LogP contribution is -2.29. The Hall–Kier alpha value is -1.21. The van der Waals surface area contributed by atoms with E-state index in [1.165, 1.54) is 14.0 Å². The Morgan fingerprint density at radius 1 is 1.11 bits per heavy atom. The van der Waals surface area contributed by atoms with Gasteiger partial charge in [-0.25, -0.2) is 4.99 Å². The Balaban J connectivity index is 1.73. The topological polar surface area (TPSA) is 36.4 Å². The third-order valence-corrected chi connectivity index (χ3v) is 4.24. The fourth-order valence-corrected chi connectivity index (χ4v) is 3.21. The summed E-state index contributed by atoms with van der Waals surface area (Å²) in [7, 11) is 0. The third kappa shape index (κ3) is 3.22. The van der Waals surface area contributed by atoms with Crippen molar-refractivity contribution in [2.24, 2.45) is 4.99 Å². The lowest BCUT2D eigenvalue weighted by atomic mass is 10.2. The van der Waals surface area contributed by atoms with Crippen LogP contribution in [0.2, 0.25) is 0 Å². The molecular weight excluding hydrogens is 369 g/mol. The van der Waals surface area contributed by atoms with Crippen LogP contribution in [-0.4, -0.2) is 5.96 Å². The third-order valence-electron chi connectivity index (χ3n) is 2.72. The fourth-order valence-electron chi connectivity index (χ4n) is 1.77. The van der Waals surface area contributed by atoms with Crippen molar-refractivity contribution in [3.05, 3.63) is 57.7 Å². The van der Waals surface area contributed by atoms with Gasteiger partial charge in [-0.3, -0.25) is 4.72 Å². The largest absolute Gasteiger partial charge is 0.325 e. The first-order chi connectivity index (χ1) is 9.31. The van der Waals surface area contributed by atoms with E-state index in [0.717, 1.165) is 11.6 Å². The summed E-state index contributed by atoms with van der Waals surface area (Å²) in [4.78, 5) is 5.75. The van der Waals surface area contributed by atoms with Crippen LogP contribution in [0, 0.1) is 3.57 Å². The van der Waals surface area contributed by atoms with E-state index in [1.54, 1.807) is 11.9 Å². The first kappa shape index (κ1) is 12.8. The second-order valence-corrected chi connectivity index (χ2v) is 6.21. The van der Waals surface area contributed by atoms with Crippen molar-refractivity contribution in [2.45, 2.75) is 11.4 Å². The summed E-state index contributed by atoms with van der Waals surface area (Å²) < 4.78 is 4.46. The highest BCUT2D eigenvalue weighted by atomic mass is 127. The van der Waals surface area contributed by atoms with Crippen LogP contribution < -0.4 is 10.0 Å². The summed E-state index contributed by atoms with van der Waals surface area (Å²) in [5.74, 6) is 0.808. The Bertz CT molecular complexity index is 613. The van der Waals surface area contributed by atoms with E-state index in [1.807, 2.05) is 18.2 Å². The van der Waals surface area contributed by atoms with Gasteiger partial charge in [0, 0.05) is 3.57 Å². The molecule has 19 heavy (non-hydrogen) atoms. The molecule has 0 amide bonds. The molecule has 0 fully saturated rings. The second-order valence-electron chi connectivity index (χ2n) is 4.12. The minimum atomic E-state index is 0.677. The zero-order chi connectivity index (χ0) is 13.1. The van der Waals surface area contributed by atoms with Crippen LogP contribution in [0.4, 0.5) is 5.69 Å². The van der Waals surface area contributed by atoms with Crippen LogP contribution >= 0.6 is 34.5 Å². The first-order valence-corrected chi connectivity index (χ1v) is 7.78. The number of halogens is 1. The summed E-state index contributed by atoms with van der Waals surface area (Å²) in [6.45, 7) is 0.677. The van der Waals surface area contributed by atoms with Gasteiger partial charge in [0.15, 0.2) is 0 Å². The number of benzene rings is 2. The maximum Gasteiger partial charge on any atom is 0.206 e. The van der Waals surface area contributed by atoms with E-state index in [9.17, 15) is 0 Å². The lowest BCUT2D eigenvalue weighted by Gasteiger charge is -2.20.